The van der Waals surface area contributed by atoms with Crippen LogP contribution in [0.3, 0.4) is 0 Å². The van der Waals surface area contributed by atoms with Crippen molar-refractivity contribution in [3.63, 3.8) is 0 Å². The van der Waals surface area contributed by atoms with Gasteiger partial charge in [0.15, 0.2) is 5.69 Å². The highest BCUT2D eigenvalue weighted by Crippen LogP contribution is 2.37. The standard InChI is InChI=1S/C29H29N5O3/c1-4-34(5-2)22-17-15-20(16-18-22)19-24(30-27(35)21-11-7-6-8-12-21)28(36)32-31-26-23-13-9-10-14-25(23)33(3)29(26)37/h6-19,37H,4-5H2,1-3H3,(H,30,35). The van der Waals surface area contributed by atoms with Crippen LogP contribution >= 0.6 is 0 Å². The van der Waals surface area contributed by atoms with Gasteiger partial charge in [0, 0.05) is 36.8 Å². The molecule has 1 heterocycles. The van der Waals surface area contributed by atoms with Gasteiger partial charge in [-0.1, -0.05) is 48.5 Å². The minimum atomic E-state index is -0.746. The number of aromatic nitrogens is 1. The highest BCUT2D eigenvalue weighted by molar-refractivity contribution is 6.05. The molecule has 0 aliphatic carbocycles. The molecule has 1 aromatic heterocycles. The van der Waals surface area contributed by atoms with E-state index in [1.165, 1.54) is 0 Å². The number of anilines is 1. The molecule has 188 valence electrons. The van der Waals surface area contributed by atoms with Gasteiger partial charge in [0.05, 0.1) is 5.52 Å². The first-order valence-corrected chi connectivity index (χ1v) is 12.1. The van der Waals surface area contributed by atoms with E-state index in [2.05, 4.69) is 34.3 Å². The Bertz CT molecular complexity index is 1470. The SMILES string of the molecule is CCN(CC)c1ccc(C=C(NC(=O)c2ccccc2)C(=O)N=Nc2c(O)n(C)c3ccccc23)cc1. The predicted octanol–water partition coefficient (Wildman–Crippen LogP) is 5.81. The first kappa shape index (κ1) is 25.4. The van der Waals surface area contributed by atoms with Crippen LogP contribution in [0.4, 0.5) is 11.4 Å². The first-order valence-electron chi connectivity index (χ1n) is 12.1. The third-order valence-electron chi connectivity index (χ3n) is 6.14. The summed E-state index contributed by atoms with van der Waals surface area (Å²) in [5, 5.41) is 21.8. The Balaban J connectivity index is 1.67. The van der Waals surface area contributed by atoms with E-state index in [1.54, 1.807) is 54.1 Å². The lowest BCUT2D eigenvalue weighted by Crippen LogP contribution is -2.26. The minimum absolute atomic E-state index is 0.0343. The molecule has 2 N–H and O–H groups in total. The smallest absolute Gasteiger partial charge is 0.311 e. The van der Waals surface area contributed by atoms with E-state index in [0.717, 1.165) is 29.9 Å². The van der Waals surface area contributed by atoms with E-state index >= 15 is 0 Å². The molecule has 0 atom stereocenters. The van der Waals surface area contributed by atoms with Crippen molar-refractivity contribution in [3.8, 4) is 5.88 Å². The number of fused-ring (bicyclic) bond motifs is 1. The minimum Gasteiger partial charge on any atom is -0.493 e. The Labute approximate surface area is 215 Å². The van der Waals surface area contributed by atoms with Crippen molar-refractivity contribution in [2.45, 2.75) is 13.8 Å². The average Bonchev–Trinajstić information content (AvgIpc) is 3.18. The molecule has 4 aromatic rings. The number of hydrogen-bond acceptors (Lipinski definition) is 5. The molecule has 8 heteroatoms. The Morgan fingerprint density at radius 2 is 1.59 bits per heavy atom. The quantitative estimate of drug-likeness (QED) is 0.238. The number of carbonyl (C=O) groups is 2. The van der Waals surface area contributed by atoms with E-state index in [0.29, 0.717) is 10.9 Å². The van der Waals surface area contributed by atoms with Crippen molar-refractivity contribution in [2.75, 3.05) is 18.0 Å². The topological polar surface area (TPSA) is 99.3 Å². The molecule has 0 radical (unpaired) electrons. The van der Waals surface area contributed by atoms with Crippen molar-refractivity contribution in [3.05, 3.63) is 95.7 Å². The molecule has 3 aromatic carbocycles. The molecule has 37 heavy (non-hydrogen) atoms. The molecular formula is C29H29N5O3. The van der Waals surface area contributed by atoms with Crippen molar-refractivity contribution < 1.29 is 14.7 Å². The van der Waals surface area contributed by atoms with Crippen LogP contribution in [0.25, 0.3) is 17.0 Å². The summed E-state index contributed by atoms with van der Waals surface area (Å²) in [6.07, 6.45) is 1.57. The van der Waals surface area contributed by atoms with E-state index in [1.807, 2.05) is 42.5 Å². The number of amides is 2. The summed E-state index contributed by atoms with van der Waals surface area (Å²) in [7, 11) is 1.70. The number of hydrogen-bond donors (Lipinski definition) is 2. The van der Waals surface area contributed by atoms with Crippen LogP contribution in [0.1, 0.15) is 29.8 Å². The van der Waals surface area contributed by atoms with Crippen molar-refractivity contribution in [2.24, 2.45) is 17.3 Å². The molecule has 0 aliphatic heterocycles. The summed E-state index contributed by atoms with van der Waals surface area (Å²) in [5.74, 6) is -1.30. The summed E-state index contributed by atoms with van der Waals surface area (Å²) in [4.78, 5) is 28.2. The third-order valence-corrected chi connectivity index (χ3v) is 6.14. The summed E-state index contributed by atoms with van der Waals surface area (Å²) in [6.45, 7) is 5.94. The number of carbonyl (C=O) groups excluding carboxylic acids is 2. The number of aromatic hydroxyl groups is 1. The number of benzene rings is 3. The van der Waals surface area contributed by atoms with Gasteiger partial charge in [-0.2, -0.15) is 0 Å². The fourth-order valence-corrected chi connectivity index (χ4v) is 4.08. The van der Waals surface area contributed by atoms with Gasteiger partial charge in [0.25, 0.3) is 5.91 Å². The number of para-hydroxylation sites is 1. The first-order chi connectivity index (χ1) is 17.9. The molecule has 0 saturated heterocycles. The molecule has 0 fully saturated rings. The van der Waals surface area contributed by atoms with Gasteiger partial charge in [-0.25, -0.2) is 0 Å². The van der Waals surface area contributed by atoms with Gasteiger partial charge in [-0.3, -0.25) is 9.59 Å². The fraction of sp³-hybridized carbons (Fsp3) is 0.172. The van der Waals surface area contributed by atoms with Crippen LogP contribution in [-0.2, 0) is 11.8 Å². The molecule has 0 saturated carbocycles. The van der Waals surface area contributed by atoms with Gasteiger partial charge in [0.2, 0.25) is 5.88 Å². The summed E-state index contributed by atoms with van der Waals surface area (Å²) >= 11 is 0. The second-order valence-electron chi connectivity index (χ2n) is 8.40. The lowest BCUT2D eigenvalue weighted by molar-refractivity contribution is -0.115. The zero-order chi connectivity index (χ0) is 26.4. The maximum absolute atomic E-state index is 13.2. The second-order valence-corrected chi connectivity index (χ2v) is 8.40. The summed E-state index contributed by atoms with van der Waals surface area (Å²) in [5.41, 5.74) is 3.09. The Kier molecular flexibility index (Phi) is 7.78. The van der Waals surface area contributed by atoms with Gasteiger partial charge in [0.1, 0.15) is 5.70 Å². The van der Waals surface area contributed by atoms with Crippen LogP contribution in [0.2, 0.25) is 0 Å². The van der Waals surface area contributed by atoms with E-state index in [4.69, 9.17) is 0 Å². The highest BCUT2D eigenvalue weighted by atomic mass is 16.3. The number of azo groups is 1. The number of rotatable bonds is 8. The molecule has 8 nitrogen and oxygen atoms in total. The number of nitrogens with one attached hydrogen (secondary N) is 1. The molecule has 0 bridgehead atoms. The normalized spacial score (nSPS) is 11.7. The van der Waals surface area contributed by atoms with Crippen molar-refractivity contribution in [1.82, 2.24) is 9.88 Å². The molecule has 4 rings (SSSR count). The van der Waals surface area contributed by atoms with Crippen molar-refractivity contribution >= 4 is 40.2 Å². The third kappa shape index (κ3) is 5.59. The zero-order valence-corrected chi connectivity index (χ0v) is 21.0. The number of nitrogens with zero attached hydrogens (tertiary/aromatic N) is 4. The fourth-order valence-electron chi connectivity index (χ4n) is 4.08. The largest absolute Gasteiger partial charge is 0.493 e. The lowest BCUT2D eigenvalue weighted by atomic mass is 10.1. The van der Waals surface area contributed by atoms with Crippen LogP contribution in [-0.4, -0.2) is 34.6 Å². The van der Waals surface area contributed by atoms with E-state index in [-0.39, 0.29) is 17.3 Å². The molecule has 2 amide bonds. The van der Waals surface area contributed by atoms with Gasteiger partial charge in [-0.15, -0.1) is 10.2 Å². The van der Waals surface area contributed by atoms with Gasteiger partial charge < -0.3 is 19.9 Å². The molecule has 0 unspecified atom stereocenters. The van der Waals surface area contributed by atoms with E-state index < -0.39 is 11.8 Å². The zero-order valence-electron chi connectivity index (χ0n) is 21.0. The Morgan fingerprint density at radius 3 is 2.27 bits per heavy atom. The number of aryl methyl sites for hydroxylation is 1. The van der Waals surface area contributed by atoms with Crippen molar-refractivity contribution in [1.29, 1.82) is 0 Å². The maximum Gasteiger partial charge on any atom is 0.311 e. The van der Waals surface area contributed by atoms with Crippen LogP contribution in [0.5, 0.6) is 5.88 Å². The average molecular weight is 496 g/mol. The lowest BCUT2D eigenvalue weighted by Gasteiger charge is -2.20. The summed E-state index contributed by atoms with van der Waals surface area (Å²) in [6, 6.07) is 23.6. The molecular weight excluding hydrogens is 466 g/mol. The maximum atomic E-state index is 13.2. The van der Waals surface area contributed by atoms with Gasteiger partial charge in [-0.05, 0) is 55.8 Å². The van der Waals surface area contributed by atoms with Gasteiger partial charge >= 0.3 is 5.91 Å². The Morgan fingerprint density at radius 1 is 0.946 bits per heavy atom. The second kappa shape index (κ2) is 11.3. The Hall–Kier alpha value is -4.72. The predicted molar refractivity (Wildman–Crippen MR) is 146 cm³/mol. The highest BCUT2D eigenvalue weighted by Gasteiger charge is 2.17. The monoisotopic (exact) mass is 495 g/mol. The summed E-state index contributed by atoms with van der Waals surface area (Å²) < 4.78 is 1.57. The van der Waals surface area contributed by atoms with Crippen LogP contribution in [0.15, 0.2) is 94.8 Å². The molecule has 0 aliphatic rings. The molecule has 0 spiro atoms. The van der Waals surface area contributed by atoms with Crippen LogP contribution in [0, 0.1) is 0 Å². The van der Waals surface area contributed by atoms with Crippen LogP contribution < -0.4 is 10.2 Å². The van der Waals surface area contributed by atoms with E-state index in [9.17, 15) is 14.7 Å².